The van der Waals surface area contributed by atoms with E-state index in [1.165, 1.54) is 6.92 Å². The molecule has 6 nitrogen and oxygen atoms in total. The van der Waals surface area contributed by atoms with Gasteiger partial charge in [-0.05, 0) is 12.1 Å². The number of nitrogens with one attached hydrogen (secondary N) is 1. The SMILES string of the molecule is CC(=O)N1CCN(Cc2cc(=O)c3cccc(Cl)c3[nH]2)C[C@@H](O)C1. The van der Waals surface area contributed by atoms with E-state index in [1.807, 2.05) is 4.90 Å². The number of halogens is 1. The van der Waals surface area contributed by atoms with Gasteiger partial charge in [0.15, 0.2) is 5.43 Å². The van der Waals surface area contributed by atoms with Crippen LogP contribution in [0.15, 0.2) is 29.1 Å². The van der Waals surface area contributed by atoms with E-state index in [2.05, 4.69) is 4.98 Å². The second-order valence-corrected chi connectivity index (χ2v) is 6.58. The number of carbonyl (C=O) groups excluding carboxylic acids is 1. The van der Waals surface area contributed by atoms with Gasteiger partial charge in [-0.25, -0.2) is 0 Å². The molecule has 1 amide bonds. The van der Waals surface area contributed by atoms with Gasteiger partial charge in [0.1, 0.15) is 0 Å². The number of fused-ring (bicyclic) bond motifs is 1. The van der Waals surface area contributed by atoms with Gasteiger partial charge in [0, 0.05) is 56.8 Å². The third kappa shape index (κ3) is 3.61. The lowest BCUT2D eigenvalue weighted by Gasteiger charge is -2.21. The fourth-order valence-electron chi connectivity index (χ4n) is 3.10. The highest BCUT2D eigenvalue weighted by Gasteiger charge is 2.23. The van der Waals surface area contributed by atoms with Gasteiger partial charge in [0.05, 0.1) is 16.6 Å². The minimum absolute atomic E-state index is 0.0400. The molecule has 7 heteroatoms. The summed E-state index contributed by atoms with van der Waals surface area (Å²) in [6, 6.07) is 6.80. The first-order chi connectivity index (χ1) is 11.4. The number of aliphatic hydroxyl groups excluding tert-OH is 1. The van der Waals surface area contributed by atoms with Gasteiger partial charge >= 0.3 is 0 Å². The molecule has 1 aromatic carbocycles. The second kappa shape index (κ2) is 6.93. The van der Waals surface area contributed by atoms with Gasteiger partial charge in [0.2, 0.25) is 5.91 Å². The molecular weight excluding hydrogens is 330 g/mol. The fraction of sp³-hybridized carbons (Fsp3) is 0.412. The molecule has 1 atom stereocenters. The van der Waals surface area contributed by atoms with Crippen LogP contribution in [0.4, 0.5) is 0 Å². The summed E-state index contributed by atoms with van der Waals surface area (Å²) in [5.41, 5.74) is 1.29. The van der Waals surface area contributed by atoms with E-state index < -0.39 is 6.10 Å². The largest absolute Gasteiger partial charge is 0.390 e. The van der Waals surface area contributed by atoms with E-state index in [0.717, 1.165) is 5.69 Å². The fourth-order valence-corrected chi connectivity index (χ4v) is 3.32. The molecule has 1 aliphatic heterocycles. The molecule has 2 N–H and O–H groups in total. The topological polar surface area (TPSA) is 76.6 Å². The second-order valence-electron chi connectivity index (χ2n) is 6.18. The number of nitrogens with zero attached hydrogens (tertiary/aromatic N) is 2. The number of aromatic amines is 1. The summed E-state index contributed by atoms with van der Waals surface area (Å²) in [4.78, 5) is 30.7. The highest BCUT2D eigenvalue weighted by molar-refractivity contribution is 6.35. The van der Waals surface area contributed by atoms with E-state index >= 15 is 0 Å². The Hall–Kier alpha value is -1.89. The van der Waals surface area contributed by atoms with Crippen LogP contribution in [-0.2, 0) is 11.3 Å². The number of carbonyl (C=O) groups is 1. The monoisotopic (exact) mass is 349 g/mol. The standard InChI is InChI=1S/C17H20ClN3O3/c1-11(22)21-6-5-20(9-13(23)10-21)8-12-7-16(24)14-3-2-4-15(18)17(14)19-12/h2-4,7,13,23H,5-6,8-10H2,1H3,(H,19,24)/t13-/m1/s1. The van der Waals surface area contributed by atoms with Crippen LogP contribution < -0.4 is 5.43 Å². The third-order valence-corrected chi connectivity index (χ3v) is 4.61. The first-order valence-corrected chi connectivity index (χ1v) is 8.28. The maximum absolute atomic E-state index is 12.3. The van der Waals surface area contributed by atoms with Crippen molar-refractivity contribution < 1.29 is 9.90 Å². The first-order valence-electron chi connectivity index (χ1n) is 7.90. The van der Waals surface area contributed by atoms with Crippen LogP contribution in [0, 0.1) is 0 Å². The Bertz CT molecular complexity index is 820. The summed E-state index contributed by atoms with van der Waals surface area (Å²) in [5.74, 6) is -0.0400. The van der Waals surface area contributed by atoms with Crippen molar-refractivity contribution in [2.75, 3.05) is 26.2 Å². The Morgan fingerprint density at radius 1 is 1.38 bits per heavy atom. The van der Waals surface area contributed by atoms with Crippen LogP contribution in [0.2, 0.25) is 5.02 Å². The predicted octanol–water partition coefficient (Wildman–Crippen LogP) is 1.21. The summed E-state index contributed by atoms with van der Waals surface area (Å²) < 4.78 is 0. The number of β-amino-alcohol motifs (C(OH)–C–C–N with tert-alkyl or cyclic N) is 1. The molecule has 24 heavy (non-hydrogen) atoms. The molecule has 2 heterocycles. The number of amides is 1. The lowest BCUT2D eigenvalue weighted by atomic mass is 10.2. The Morgan fingerprint density at radius 3 is 2.92 bits per heavy atom. The zero-order chi connectivity index (χ0) is 17.3. The average molecular weight is 350 g/mol. The lowest BCUT2D eigenvalue weighted by Crippen LogP contribution is -2.36. The number of benzene rings is 1. The van der Waals surface area contributed by atoms with Crippen molar-refractivity contribution >= 4 is 28.4 Å². The maximum Gasteiger partial charge on any atom is 0.219 e. The Labute approximate surface area is 144 Å². The summed E-state index contributed by atoms with van der Waals surface area (Å²) in [7, 11) is 0. The normalized spacial score (nSPS) is 19.5. The number of hydrogen-bond donors (Lipinski definition) is 2. The van der Waals surface area contributed by atoms with Crippen molar-refractivity contribution in [3.8, 4) is 0 Å². The average Bonchev–Trinajstić information content (AvgIpc) is 2.70. The zero-order valence-corrected chi connectivity index (χ0v) is 14.2. The molecule has 1 aromatic heterocycles. The minimum atomic E-state index is -0.604. The summed E-state index contributed by atoms with van der Waals surface area (Å²) in [6.07, 6.45) is -0.604. The van der Waals surface area contributed by atoms with Crippen LogP contribution in [0.1, 0.15) is 12.6 Å². The van der Waals surface area contributed by atoms with Crippen LogP contribution in [0.3, 0.4) is 0 Å². The van der Waals surface area contributed by atoms with Gasteiger partial charge in [-0.1, -0.05) is 17.7 Å². The first kappa shape index (κ1) is 17.0. The third-order valence-electron chi connectivity index (χ3n) is 4.30. The molecule has 1 fully saturated rings. The van der Waals surface area contributed by atoms with Crippen molar-refractivity contribution in [2.24, 2.45) is 0 Å². The number of para-hydroxylation sites is 1. The molecule has 0 radical (unpaired) electrons. The zero-order valence-electron chi connectivity index (χ0n) is 13.5. The van der Waals surface area contributed by atoms with Crippen molar-refractivity contribution in [3.63, 3.8) is 0 Å². The number of pyridine rings is 1. The molecule has 3 rings (SSSR count). The number of aliphatic hydroxyl groups is 1. The number of rotatable bonds is 2. The van der Waals surface area contributed by atoms with Crippen LogP contribution in [0.5, 0.6) is 0 Å². The van der Waals surface area contributed by atoms with Crippen LogP contribution >= 0.6 is 11.6 Å². The molecule has 128 valence electrons. The summed E-state index contributed by atoms with van der Waals surface area (Å²) in [5, 5.41) is 11.2. The molecule has 1 saturated heterocycles. The van der Waals surface area contributed by atoms with Gasteiger partial charge in [0.25, 0.3) is 0 Å². The predicted molar refractivity (Wildman–Crippen MR) is 93.1 cm³/mol. The smallest absolute Gasteiger partial charge is 0.219 e. The number of H-pyrrole nitrogens is 1. The quantitative estimate of drug-likeness (QED) is 0.854. The van der Waals surface area contributed by atoms with Crippen molar-refractivity contribution in [2.45, 2.75) is 19.6 Å². The molecule has 0 aliphatic carbocycles. The van der Waals surface area contributed by atoms with E-state index in [9.17, 15) is 14.7 Å². The van der Waals surface area contributed by atoms with Crippen molar-refractivity contribution in [3.05, 3.63) is 45.2 Å². The van der Waals surface area contributed by atoms with E-state index in [0.29, 0.717) is 48.6 Å². The molecule has 0 bridgehead atoms. The molecular formula is C17H20ClN3O3. The van der Waals surface area contributed by atoms with E-state index in [1.54, 1.807) is 29.2 Å². The van der Waals surface area contributed by atoms with E-state index in [4.69, 9.17) is 11.6 Å². The molecule has 0 saturated carbocycles. The van der Waals surface area contributed by atoms with Crippen molar-refractivity contribution in [1.82, 2.24) is 14.8 Å². The Balaban J connectivity index is 1.83. The van der Waals surface area contributed by atoms with Gasteiger partial charge < -0.3 is 15.0 Å². The van der Waals surface area contributed by atoms with Gasteiger partial charge in [-0.3, -0.25) is 14.5 Å². The van der Waals surface area contributed by atoms with Crippen molar-refractivity contribution in [1.29, 1.82) is 0 Å². The maximum atomic E-state index is 12.3. The summed E-state index contributed by atoms with van der Waals surface area (Å²) in [6.45, 7) is 3.98. The lowest BCUT2D eigenvalue weighted by molar-refractivity contribution is -0.129. The molecule has 0 unspecified atom stereocenters. The Morgan fingerprint density at radius 2 is 2.17 bits per heavy atom. The highest BCUT2D eigenvalue weighted by Crippen LogP contribution is 2.19. The van der Waals surface area contributed by atoms with Gasteiger partial charge in [-0.15, -0.1) is 0 Å². The summed E-state index contributed by atoms with van der Waals surface area (Å²) >= 11 is 6.18. The van der Waals surface area contributed by atoms with Gasteiger partial charge in [-0.2, -0.15) is 0 Å². The van der Waals surface area contributed by atoms with E-state index in [-0.39, 0.29) is 11.3 Å². The highest BCUT2D eigenvalue weighted by atomic mass is 35.5. The molecule has 0 spiro atoms. The van der Waals surface area contributed by atoms with Crippen LogP contribution in [-0.4, -0.2) is 58.1 Å². The minimum Gasteiger partial charge on any atom is -0.390 e. The number of aromatic nitrogens is 1. The Kier molecular flexibility index (Phi) is 4.89. The molecule has 2 aromatic rings. The van der Waals surface area contributed by atoms with Crippen LogP contribution in [0.25, 0.3) is 10.9 Å². The molecule has 1 aliphatic rings. The number of hydrogen-bond acceptors (Lipinski definition) is 4.